The molecule has 1 unspecified atom stereocenters. The first kappa shape index (κ1) is 29.8. The molecule has 0 aromatic heterocycles. The van der Waals surface area contributed by atoms with E-state index in [4.69, 9.17) is 0 Å². The maximum Gasteiger partial charge on any atom is 0.251 e. The van der Waals surface area contributed by atoms with Crippen LogP contribution in [0.25, 0.3) is 10.8 Å². The number of anilines is 1. The zero-order valence-corrected chi connectivity index (χ0v) is 26.5. The highest BCUT2D eigenvalue weighted by Gasteiger charge is 2.72. The molecule has 3 aromatic carbocycles. The number of benzene rings is 3. The lowest BCUT2D eigenvalue weighted by molar-refractivity contribution is -0.145. The maximum atomic E-state index is 14.9. The Hall–Kier alpha value is -3.88. The van der Waals surface area contributed by atoms with Crippen LogP contribution in [-0.4, -0.2) is 74.4 Å². The third-order valence-electron chi connectivity index (χ3n) is 10.3. The molecular formula is C37H39N3O4S. The molecule has 3 aromatic rings. The van der Waals surface area contributed by atoms with Crippen molar-refractivity contribution >= 4 is 45.9 Å². The molecule has 0 bridgehead atoms. The van der Waals surface area contributed by atoms with Crippen LogP contribution < -0.4 is 4.90 Å². The highest BCUT2D eigenvalue weighted by molar-refractivity contribution is 8.02. The molecule has 0 radical (unpaired) electrons. The number of aliphatic hydroxyl groups is 1. The number of fused-ring (bicyclic) bond motifs is 3. The molecule has 8 heteroatoms. The van der Waals surface area contributed by atoms with Crippen molar-refractivity contribution in [3.63, 3.8) is 0 Å². The molecule has 0 saturated carbocycles. The van der Waals surface area contributed by atoms with Crippen LogP contribution in [0.3, 0.4) is 0 Å². The number of likely N-dealkylation sites (tertiary alicyclic amines) is 1. The van der Waals surface area contributed by atoms with E-state index in [9.17, 15) is 19.5 Å². The second-order valence-corrected chi connectivity index (χ2v) is 14.2. The number of nitrogens with zero attached hydrogens (tertiary/aromatic N) is 3. The normalized spacial score (nSPS) is 29.0. The third kappa shape index (κ3) is 4.81. The molecule has 4 aliphatic heterocycles. The van der Waals surface area contributed by atoms with Gasteiger partial charge in [0.1, 0.15) is 6.04 Å². The molecule has 7 nitrogen and oxygen atoms in total. The smallest absolute Gasteiger partial charge is 0.251 e. The lowest BCUT2D eigenvalue weighted by atomic mass is 9.78. The summed E-state index contributed by atoms with van der Waals surface area (Å²) in [5.74, 6) is -1.81. The average Bonchev–Trinajstić information content (AvgIpc) is 3.38. The number of hydrogen-bond donors (Lipinski definition) is 1. The van der Waals surface area contributed by atoms with Crippen LogP contribution in [0.4, 0.5) is 5.69 Å². The number of hydrogen-bond acceptors (Lipinski definition) is 5. The highest BCUT2D eigenvalue weighted by atomic mass is 32.2. The van der Waals surface area contributed by atoms with E-state index in [1.165, 1.54) is 0 Å². The Labute approximate surface area is 268 Å². The minimum absolute atomic E-state index is 0.0379. The number of carbonyl (C=O) groups is 3. The lowest BCUT2D eigenvalue weighted by Gasteiger charge is -2.40. The fraction of sp³-hybridized carbons (Fsp3) is 0.378. The van der Waals surface area contributed by atoms with E-state index in [1.807, 2.05) is 110 Å². The van der Waals surface area contributed by atoms with Crippen LogP contribution in [0.1, 0.15) is 25.8 Å². The van der Waals surface area contributed by atoms with Gasteiger partial charge in [-0.1, -0.05) is 105 Å². The summed E-state index contributed by atoms with van der Waals surface area (Å²) in [6.07, 6.45) is 8.90. The molecular weight excluding hydrogens is 582 g/mol. The largest absolute Gasteiger partial charge is 0.394 e. The molecule has 2 saturated heterocycles. The van der Waals surface area contributed by atoms with Crippen molar-refractivity contribution in [2.75, 3.05) is 24.6 Å². The van der Waals surface area contributed by atoms with Crippen molar-refractivity contribution in [1.82, 2.24) is 9.80 Å². The highest BCUT2D eigenvalue weighted by Crippen LogP contribution is 2.61. The van der Waals surface area contributed by atoms with E-state index in [2.05, 4.69) is 6.08 Å². The SMILES string of the molecule is CC[C@H](C)[C@H](CO)N1C(=O)[C@@H]2[C@H]3C(=O)N(Cc4ccccc4)CC=C[C@H]3S[C@@]23C=CCN(c2ccc4ccccc4c2)C(=O)C13. The van der Waals surface area contributed by atoms with Gasteiger partial charge in [-0.2, -0.15) is 0 Å². The van der Waals surface area contributed by atoms with E-state index >= 15 is 0 Å². The van der Waals surface area contributed by atoms with Crippen molar-refractivity contribution in [3.8, 4) is 0 Å². The van der Waals surface area contributed by atoms with Gasteiger partial charge in [-0.3, -0.25) is 14.4 Å². The maximum absolute atomic E-state index is 14.9. The van der Waals surface area contributed by atoms with Crippen molar-refractivity contribution in [2.45, 2.75) is 48.9 Å². The van der Waals surface area contributed by atoms with Crippen LogP contribution in [0.2, 0.25) is 0 Å². The second-order valence-electron chi connectivity index (χ2n) is 12.7. The Morgan fingerprint density at radius 2 is 1.67 bits per heavy atom. The first-order chi connectivity index (χ1) is 21.9. The van der Waals surface area contributed by atoms with Gasteiger partial charge in [0.05, 0.1) is 29.2 Å². The Morgan fingerprint density at radius 3 is 2.42 bits per heavy atom. The molecule has 45 heavy (non-hydrogen) atoms. The van der Waals surface area contributed by atoms with E-state index in [0.717, 1.165) is 28.4 Å². The average molecular weight is 622 g/mol. The Kier molecular flexibility index (Phi) is 7.82. The van der Waals surface area contributed by atoms with Crippen molar-refractivity contribution in [2.24, 2.45) is 17.8 Å². The minimum atomic E-state index is -0.939. The molecule has 1 spiro atoms. The number of carbonyl (C=O) groups excluding carboxylic acids is 3. The molecule has 232 valence electrons. The van der Waals surface area contributed by atoms with Gasteiger partial charge in [-0.15, -0.1) is 11.8 Å². The van der Waals surface area contributed by atoms with E-state index < -0.39 is 28.7 Å². The van der Waals surface area contributed by atoms with Gasteiger partial charge in [0.15, 0.2) is 0 Å². The Morgan fingerprint density at radius 1 is 0.911 bits per heavy atom. The molecule has 4 heterocycles. The number of amides is 3. The first-order valence-electron chi connectivity index (χ1n) is 16.0. The summed E-state index contributed by atoms with van der Waals surface area (Å²) in [7, 11) is 0. The van der Waals surface area contributed by atoms with Gasteiger partial charge in [-0.25, -0.2) is 0 Å². The van der Waals surface area contributed by atoms with Crippen molar-refractivity contribution in [1.29, 1.82) is 0 Å². The zero-order chi connectivity index (χ0) is 31.3. The Balaban J connectivity index is 1.32. The summed E-state index contributed by atoms with van der Waals surface area (Å²) >= 11 is 1.58. The van der Waals surface area contributed by atoms with Gasteiger partial charge in [0, 0.05) is 30.6 Å². The molecule has 7 rings (SSSR count). The van der Waals surface area contributed by atoms with Gasteiger partial charge < -0.3 is 19.8 Å². The number of thioether (sulfide) groups is 1. The lowest BCUT2D eigenvalue weighted by Crippen LogP contribution is -2.58. The molecule has 3 amide bonds. The van der Waals surface area contributed by atoms with Gasteiger partial charge in [0.2, 0.25) is 11.8 Å². The topological polar surface area (TPSA) is 81.2 Å². The fourth-order valence-corrected chi connectivity index (χ4v) is 9.82. The summed E-state index contributed by atoms with van der Waals surface area (Å²) in [5.41, 5.74) is 1.80. The molecule has 7 atom stereocenters. The predicted molar refractivity (Wildman–Crippen MR) is 178 cm³/mol. The van der Waals surface area contributed by atoms with Gasteiger partial charge >= 0.3 is 0 Å². The standard InChI is InChI=1S/C37H39N3O4S/c1-3-24(2)29(23-41)40-33-36(44)39(28-17-16-26-13-7-8-14-27(26)21-28)20-10-18-37(33)32(35(40)43)31-30(45-37)15-9-19-38(34(31)42)22-25-11-5-4-6-12-25/h4-18,21,24,29-33,41H,3,19-20,22-23H2,1-2H3/t24-,29-,30+,31-,32-,33?,37-/m0/s1. The zero-order valence-electron chi connectivity index (χ0n) is 25.7. The monoisotopic (exact) mass is 621 g/mol. The van der Waals surface area contributed by atoms with Gasteiger partial charge in [0.25, 0.3) is 5.91 Å². The van der Waals surface area contributed by atoms with Gasteiger partial charge in [-0.05, 0) is 34.4 Å². The number of rotatable bonds is 7. The van der Waals surface area contributed by atoms with E-state index in [-0.39, 0.29) is 35.5 Å². The molecule has 2 fully saturated rings. The Bertz CT molecular complexity index is 1690. The third-order valence-corrected chi connectivity index (χ3v) is 12.0. The van der Waals surface area contributed by atoms with Crippen LogP contribution in [-0.2, 0) is 20.9 Å². The van der Waals surface area contributed by atoms with Crippen molar-refractivity contribution < 1.29 is 19.5 Å². The van der Waals surface area contributed by atoms with Crippen LogP contribution in [0.5, 0.6) is 0 Å². The van der Waals surface area contributed by atoms with E-state index in [1.54, 1.807) is 21.6 Å². The summed E-state index contributed by atoms with van der Waals surface area (Å²) in [4.78, 5) is 49.5. The fourth-order valence-electron chi connectivity index (χ4n) is 7.82. The van der Waals surface area contributed by atoms with E-state index in [0.29, 0.717) is 19.6 Å². The molecule has 4 aliphatic rings. The summed E-state index contributed by atoms with van der Waals surface area (Å²) in [6.45, 7) is 5.09. The summed E-state index contributed by atoms with van der Waals surface area (Å²) in [6, 6.07) is 22.6. The van der Waals surface area contributed by atoms with Crippen LogP contribution in [0.15, 0.2) is 97.1 Å². The second kappa shape index (κ2) is 11.8. The molecule has 1 N–H and O–H groups in total. The van der Waals surface area contributed by atoms with Crippen molar-refractivity contribution in [3.05, 3.63) is 103 Å². The summed E-state index contributed by atoms with van der Waals surface area (Å²) < 4.78 is -0.939. The first-order valence-corrected chi connectivity index (χ1v) is 16.8. The number of aliphatic hydroxyl groups excluding tert-OH is 1. The quantitative estimate of drug-likeness (QED) is 0.374. The molecule has 0 aliphatic carbocycles. The van der Waals surface area contributed by atoms with Crippen LogP contribution in [0, 0.1) is 17.8 Å². The minimum Gasteiger partial charge on any atom is -0.394 e. The van der Waals surface area contributed by atoms with Crippen LogP contribution >= 0.6 is 11.8 Å². The predicted octanol–water partition coefficient (Wildman–Crippen LogP) is 5.05. The summed E-state index contributed by atoms with van der Waals surface area (Å²) in [5, 5.41) is 12.6.